The Labute approximate surface area is 152 Å². The van der Waals surface area contributed by atoms with Crippen LogP contribution < -0.4 is 20.3 Å². The lowest BCUT2D eigenvalue weighted by Gasteiger charge is -2.20. The largest absolute Gasteiger partial charge is 0.497 e. The fraction of sp³-hybridized carbons (Fsp3) is 0.316. The normalized spacial score (nSPS) is 10.8. The van der Waals surface area contributed by atoms with Crippen molar-refractivity contribution >= 4 is 11.8 Å². The number of nitrogens with one attached hydrogen (secondary N) is 2. The Bertz CT molecular complexity index is 742. The molecule has 2 aromatic carbocycles. The van der Waals surface area contributed by atoms with E-state index in [-0.39, 0.29) is 18.0 Å². The molecule has 0 saturated carbocycles. The van der Waals surface area contributed by atoms with E-state index in [4.69, 9.17) is 14.2 Å². The van der Waals surface area contributed by atoms with Gasteiger partial charge >= 0.3 is 6.09 Å². The van der Waals surface area contributed by atoms with E-state index in [2.05, 4.69) is 10.9 Å². The lowest BCUT2D eigenvalue weighted by Crippen LogP contribution is -2.36. The average molecular weight is 362 g/mol. The van der Waals surface area contributed by atoms with E-state index in [1.54, 1.807) is 33.9 Å². The fourth-order valence-corrected chi connectivity index (χ4v) is 2.05. The summed E-state index contributed by atoms with van der Waals surface area (Å²) in [5.74, 6) is 0.439. The van der Waals surface area contributed by atoms with E-state index in [9.17, 15) is 9.18 Å². The van der Waals surface area contributed by atoms with Crippen LogP contribution in [0, 0.1) is 5.82 Å². The van der Waals surface area contributed by atoms with Crippen molar-refractivity contribution in [2.75, 3.05) is 12.5 Å². The molecule has 1 amide bonds. The summed E-state index contributed by atoms with van der Waals surface area (Å²) in [5, 5.41) is 0. The highest BCUT2D eigenvalue weighted by Gasteiger charge is 2.17. The van der Waals surface area contributed by atoms with Gasteiger partial charge in [-0.2, -0.15) is 0 Å². The smallest absolute Gasteiger partial charge is 0.426 e. The summed E-state index contributed by atoms with van der Waals surface area (Å²) in [6, 6.07) is 11.7. The van der Waals surface area contributed by atoms with Crippen molar-refractivity contribution in [2.45, 2.75) is 33.0 Å². The first kappa shape index (κ1) is 19.4. The highest BCUT2D eigenvalue weighted by Crippen LogP contribution is 2.28. The van der Waals surface area contributed by atoms with Crippen molar-refractivity contribution in [2.24, 2.45) is 0 Å². The number of halogens is 1. The van der Waals surface area contributed by atoms with E-state index in [1.165, 1.54) is 12.1 Å². The second-order valence-electron chi connectivity index (χ2n) is 6.50. The molecule has 0 radical (unpaired) electrons. The first-order valence-corrected chi connectivity index (χ1v) is 8.08. The first-order chi connectivity index (χ1) is 12.3. The van der Waals surface area contributed by atoms with Gasteiger partial charge in [-0.25, -0.2) is 14.6 Å². The van der Waals surface area contributed by atoms with Gasteiger partial charge in [0.1, 0.15) is 29.4 Å². The SMILES string of the molecule is COc1ccc(COc2cccc(F)c2NNC(=O)OC(C)(C)C)cc1. The molecule has 0 aliphatic rings. The number of hydrogen-bond donors (Lipinski definition) is 2. The quantitative estimate of drug-likeness (QED) is 0.751. The molecule has 2 aromatic rings. The maximum Gasteiger partial charge on any atom is 0.426 e. The van der Waals surface area contributed by atoms with Gasteiger partial charge in [0.2, 0.25) is 0 Å². The molecule has 0 bridgehead atoms. The number of methoxy groups -OCH3 is 1. The molecule has 2 rings (SSSR count). The third-order valence-corrected chi connectivity index (χ3v) is 3.22. The molecular weight excluding hydrogens is 339 g/mol. The predicted octanol–water partition coefficient (Wildman–Crippen LogP) is 4.26. The summed E-state index contributed by atoms with van der Waals surface area (Å²) in [4.78, 5) is 11.7. The molecule has 26 heavy (non-hydrogen) atoms. The van der Waals surface area contributed by atoms with Crippen molar-refractivity contribution in [3.63, 3.8) is 0 Å². The van der Waals surface area contributed by atoms with Crippen LogP contribution in [0.1, 0.15) is 26.3 Å². The average Bonchev–Trinajstić information content (AvgIpc) is 2.58. The molecule has 7 heteroatoms. The molecule has 0 unspecified atom stereocenters. The molecule has 0 aliphatic heterocycles. The monoisotopic (exact) mass is 362 g/mol. The van der Waals surface area contributed by atoms with Crippen LogP contribution in [0.3, 0.4) is 0 Å². The summed E-state index contributed by atoms with van der Waals surface area (Å²) in [6.07, 6.45) is -0.721. The maximum atomic E-state index is 14.1. The fourth-order valence-electron chi connectivity index (χ4n) is 2.05. The van der Waals surface area contributed by atoms with Crippen LogP contribution in [0.4, 0.5) is 14.9 Å². The standard InChI is InChI=1S/C19H23FN2O4/c1-19(2,3)26-18(23)22-21-17-15(20)6-5-7-16(17)25-12-13-8-10-14(24-4)11-9-13/h5-11,21H,12H2,1-4H3,(H,22,23). The first-order valence-electron chi connectivity index (χ1n) is 8.08. The Balaban J connectivity index is 2.02. The number of hydrazine groups is 1. The van der Waals surface area contributed by atoms with Gasteiger partial charge in [0.15, 0.2) is 5.82 Å². The molecule has 0 atom stereocenters. The summed E-state index contributed by atoms with van der Waals surface area (Å²) in [7, 11) is 1.59. The summed E-state index contributed by atoms with van der Waals surface area (Å²) in [6.45, 7) is 5.44. The summed E-state index contributed by atoms with van der Waals surface area (Å²) in [5.41, 5.74) is 5.07. The number of rotatable bonds is 6. The number of hydrogen-bond acceptors (Lipinski definition) is 5. The molecule has 0 aromatic heterocycles. The van der Waals surface area contributed by atoms with Crippen LogP contribution in [-0.4, -0.2) is 18.8 Å². The van der Waals surface area contributed by atoms with E-state index < -0.39 is 17.5 Å². The van der Waals surface area contributed by atoms with Gasteiger partial charge in [0.25, 0.3) is 0 Å². The zero-order chi connectivity index (χ0) is 19.2. The highest BCUT2D eigenvalue weighted by molar-refractivity contribution is 5.71. The van der Waals surface area contributed by atoms with Gasteiger partial charge in [0, 0.05) is 0 Å². The van der Waals surface area contributed by atoms with E-state index in [1.807, 2.05) is 24.3 Å². The Morgan fingerprint density at radius 2 is 1.81 bits per heavy atom. The maximum absolute atomic E-state index is 14.1. The lowest BCUT2D eigenvalue weighted by molar-refractivity contribution is 0.0541. The van der Waals surface area contributed by atoms with Gasteiger partial charge in [-0.05, 0) is 50.6 Å². The van der Waals surface area contributed by atoms with Gasteiger partial charge in [0.05, 0.1) is 7.11 Å². The molecular formula is C19H23FN2O4. The zero-order valence-electron chi connectivity index (χ0n) is 15.3. The van der Waals surface area contributed by atoms with Crippen molar-refractivity contribution in [3.8, 4) is 11.5 Å². The number of carbonyl (C=O) groups excluding carboxylic acids is 1. The van der Waals surface area contributed by atoms with Gasteiger partial charge in [-0.3, -0.25) is 5.43 Å². The van der Waals surface area contributed by atoms with E-state index in [0.29, 0.717) is 0 Å². The minimum absolute atomic E-state index is 0.0203. The minimum atomic E-state index is -0.721. The number of ether oxygens (including phenoxy) is 3. The van der Waals surface area contributed by atoms with Crippen LogP contribution in [0.25, 0.3) is 0 Å². The minimum Gasteiger partial charge on any atom is -0.497 e. The number of anilines is 1. The summed E-state index contributed by atoms with van der Waals surface area (Å²) < 4.78 is 30.0. The highest BCUT2D eigenvalue weighted by atomic mass is 19.1. The molecule has 0 fully saturated rings. The van der Waals surface area contributed by atoms with Crippen LogP contribution >= 0.6 is 0 Å². The second kappa shape index (κ2) is 8.42. The Morgan fingerprint density at radius 3 is 2.42 bits per heavy atom. The van der Waals surface area contributed by atoms with Crippen molar-refractivity contribution < 1.29 is 23.4 Å². The van der Waals surface area contributed by atoms with Crippen molar-refractivity contribution in [1.82, 2.24) is 5.43 Å². The zero-order valence-corrected chi connectivity index (χ0v) is 15.3. The van der Waals surface area contributed by atoms with Gasteiger partial charge in [-0.15, -0.1) is 0 Å². The summed E-state index contributed by atoms with van der Waals surface area (Å²) >= 11 is 0. The number of para-hydroxylation sites is 1. The van der Waals surface area contributed by atoms with Crippen LogP contribution in [0.5, 0.6) is 11.5 Å². The Morgan fingerprint density at radius 1 is 1.12 bits per heavy atom. The molecule has 2 N–H and O–H groups in total. The second-order valence-corrected chi connectivity index (χ2v) is 6.50. The van der Waals surface area contributed by atoms with Crippen LogP contribution in [0.15, 0.2) is 42.5 Å². The number of carbonyl (C=O) groups is 1. The van der Waals surface area contributed by atoms with Crippen LogP contribution in [-0.2, 0) is 11.3 Å². The molecule has 0 heterocycles. The van der Waals surface area contributed by atoms with E-state index >= 15 is 0 Å². The predicted molar refractivity (Wildman–Crippen MR) is 96.7 cm³/mol. The van der Waals surface area contributed by atoms with Crippen LogP contribution in [0.2, 0.25) is 0 Å². The van der Waals surface area contributed by atoms with Gasteiger partial charge < -0.3 is 14.2 Å². The Hall–Kier alpha value is -2.96. The molecule has 0 saturated heterocycles. The Kier molecular flexibility index (Phi) is 6.27. The lowest BCUT2D eigenvalue weighted by atomic mass is 10.2. The van der Waals surface area contributed by atoms with Gasteiger partial charge in [-0.1, -0.05) is 18.2 Å². The molecule has 140 valence electrons. The van der Waals surface area contributed by atoms with E-state index in [0.717, 1.165) is 11.3 Å². The number of benzene rings is 2. The molecule has 0 spiro atoms. The number of amides is 1. The van der Waals surface area contributed by atoms with Crippen molar-refractivity contribution in [1.29, 1.82) is 0 Å². The molecule has 6 nitrogen and oxygen atoms in total. The topological polar surface area (TPSA) is 68.8 Å². The van der Waals surface area contributed by atoms with Crippen molar-refractivity contribution in [3.05, 3.63) is 53.8 Å². The molecule has 0 aliphatic carbocycles. The third kappa shape index (κ3) is 5.84. The third-order valence-electron chi connectivity index (χ3n) is 3.22.